The van der Waals surface area contributed by atoms with Crippen molar-refractivity contribution in [3.05, 3.63) is 27.9 Å². The van der Waals surface area contributed by atoms with Crippen LogP contribution in [0.1, 0.15) is 32.9 Å². The summed E-state index contributed by atoms with van der Waals surface area (Å²) in [4.78, 5) is 14.7. The molecule has 1 rings (SSSR count). The van der Waals surface area contributed by atoms with Gasteiger partial charge in [-0.05, 0) is 25.8 Å². The Balaban J connectivity index is 2.96. The Kier molecular flexibility index (Phi) is 4.43. The van der Waals surface area contributed by atoms with Crippen LogP contribution in [0.25, 0.3) is 0 Å². The lowest BCUT2D eigenvalue weighted by Gasteiger charge is -2.20. The summed E-state index contributed by atoms with van der Waals surface area (Å²) in [5, 5.41) is 14.0. The van der Waals surface area contributed by atoms with Crippen LogP contribution in [0.5, 0.6) is 0 Å². The van der Waals surface area contributed by atoms with E-state index in [-0.39, 0.29) is 11.7 Å². The van der Waals surface area contributed by atoms with Gasteiger partial charge in [0.2, 0.25) is 5.82 Å². The standard InChI is InChI=1S/C12H19N3O2/c1-5-8(2)10(4)14-12-11(15(16)17)7-6-9(3)13-12/h6-8,10H,5H2,1-4H3,(H,13,14). The molecule has 1 aromatic heterocycles. The zero-order valence-corrected chi connectivity index (χ0v) is 10.7. The van der Waals surface area contributed by atoms with Gasteiger partial charge in [0.25, 0.3) is 0 Å². The Morgan fingerprint density at radius 2 is 2.12 bits per heavy atom. The number of aryl methyl sites for hydroxylation is 1. The Hall–Kier alpha value is -1.65. The summed E-state index contributed by atoms with van der Waals surface area (Å²) in [6.07, 6.45) is 1.02. The van der Waals surface area contributed by atoms with Crippen LogP contribution in [0.3, 0.4) is 0 Å². The lowest BCUT2D eigenvalue weighted by Crippen LogP contribution is -2.24. The quantitative estimate of drug-likeness (QED) is 0.631. The van der Waals surface area contributed by atoms with Gasteiger partial charge in [-0.3, -0.25) is 10.1 Å². The van der Waals surface area contributed by atoms with Crippen molar-refractivity contribution in [3.63, 3.8) is 0 Å². The first-order valence-corrected chi connectivity index (χ1v) is 5.84. The van der Waals surface area contributed by atoms with E-state index in [2.05, 4.69) is 24.1 Å². The van der Waals surface area contributed by atoms with E-state index < -0.39 is 4.92 Å². The number of pyridine rings is 1. The summed E-state index contributed by atoms with van der Waals surface area (Å²) >= 11 is 0. The van der Waals surface area contributed by atoms with E-state index in [1.165, 1.54) is 6.07 Å². The van der Waals surface area contributed by atoms with Crippen LogP contribution in [0, 0.1) is 23.0 Å². The van der Waals surface area contributed by atoms with Crippen LogP contribution >= 0.6 is 0 Å². The molecule has 2 unspecified atom stereocenters. The van der Waals surface area contributed by atoms with Gasteiger partial charge in [-0.25, -0.2) is 4.98 Å². The molecule has 1 N–H and O–H groups in total. The topological polar surface area (TPSA) is 68.1 Å². The number of rotatable bonds is 5. The molecule has 0 radical (unpaired) electrons. The molecular formula is C12H19N3O2. The van der Waals surface area contributed by atoms with Gasteiger partial charge in [0, 0.05) is 17.8 Å². The molecule has 1 aromatic rings. The third kappa shape index (κ3) is 3.41. The monoisotopic (exact) mass is 237 g/mol. The molecule has 0 aliphatic heterocycles. The number of nitro groups is 1. The molecule has 0 aliphatic carbocycles. The second-order valence-corrected chi connectivity index (χ2v) is 4.40. The number of hydrogen-bond acceptors (Lipinski definition) is 4. The Bertz CT molecular complexity index is 407. The number of hydrogen-bond donors (Lipinski definition) is 1. The smallest absolute Gasteiger partial charge is 0.311 e. The van der Waals surface area contributed by atoms with Crippen LogP contribution in [-0.4, -0.2) is 15.9 Å². The zero-order valence-electron chi connectivity index (χ0n) is 10.7. The highest BCUT2D eigenvalue weighted by Gasteiger charge is 2.18. The highest BCUT2D eigenvalue weighted by molar-refractivity contribution is 5.56. The zero-order chi connectivity index (χ0) is 13.0. The summed E-state index contributed by atoms with van der Waals surface area (Å²) in [6.45, 7) is 8.05. The highest BCUT2D eigenvalue weighted by atomic mass is 16.6. The van der Waals surface area contributed by atoms with Crippen molar-refractivity contribution in [1.82, 2.24) is 4.98 Å². The molecule has 17 heavy (non-hydrogen) atoms. The van der Waals surface area contributed by atoms with Crippen molar-refractivity contribution in [2.24, 2.45) is 5.92 Å². The van der Waals surface area contributed by atoms with Gasteiger partial charge in [0.05, 0.1) is 4.92 Å². The van der Waals surface area contributed by atoms with Crippen molar-refractivity contribution < 1.29 is 4.92 Å². The number of nitrogens with one attached hydrogen (secondary N) is 1. The molecule has 2 atom stereocenters. The molecule has 0 saturated carbocycles. The Labute approximate surface area is 101 Å². The van der Waals surface area contributed by atoms with E-state index in [0.29, 0.717) is 11.7 Å². The van der Waals surface area contributed by atoms with Crippen LogP contribution < -0.4 is 5.32 Å². The molecule has 1 heterocycles. The molecule has 0 amide bonds. The Morgan fingerprint density at radius 3 is 2.65 bits per heavy atom. The molecule has 0 fully saturated rings. The van der Waals surface area contributed by atoms with Crippen molar-refractivity contribution in [2.75, 3.05) is 5.32 Å². The fourth-order valence-electron chi connectivity index (χ4n) is 1.51. The predicted octanol–water partition coefficient (Wildman–Crippen LogP) is 3.14. The van der Waals surface area contributed by atoms with E-state index in [0.717, 1.165) is 12.1 Å². The van der Waals surface area contributed by atoms with Crippen molar-refractivity contribution in [1.29, 1.82) is 0 Å². The maximum Gasteiger partial charge on any atom is 0.311 e. The van der Waals surface area contributed by atoms with E-state index in [4.69, 9.17) is 0 Å². The summed E-state index contributed by atoms with van der Waals surface area (Å²) in [5.41, 5.74) is 0.806. The second kappa shape index (κ2) is 5.61. The maximum atomic E-state index is 10.9. The summed E-state index contributed by atoms with van der Waals surface area (Å²) in [6, 6.07) is 3.30. The molecule has 0 aliphatic rings. The SMILES string of the molecule is CCC(C)C(C)Nc1nc(C)ccc1[N+](=O)[O-]. The third-order valence-corrected chi connectivity index (χ3v) is 3.07. The van der Waals surface area contributed by atoms with Crippen LogP contribution in [0.2, 0.25) is 0 Å². The number of anilines is 1. The first-order chi connectivity index (χ1) is 7.95. The van der Waals surface area contributed by atoms with Gasteiger partial charge in [-0.15, -0.1) is 0 Å². The third-order valence-electron chi connectivity index (χ3n) is 3.07. The van der Waals surface area contributed by atoms with Crippen LogP contribution in [-0.2, 0) is 0 Å². The number of nitrogens with zero attached hydrogens (tertiary/aromatic N) is 2. The minimum atomic E-state index is -0.405. The average molecular weight is 237 g/mol. The molecule has 5 heteroatoms. The second-order valence-electron chi connectivity index (χ2n) is 4.40. The van der Waals surface area contributed by atoms with Gasteiger partial charge in [0.1, 0.15) is 0 Å². The first-order valence-electron chi connectivity index (χ1n) is 5.84. The molecule has 0 spiro atoms. The fraction of sp³-hybridized carbons (Fsp3) is 0.583. The van der Waals surface area contributed by atoms with Crippen LogP contribution in [0.15, 0.2) is 12.1 Å². The lowest BCUT2D eigenvalue weighted by molar-refractivity contribution is -0.384. The molecule has 94 valence electrons. The minimum Gasteiger partial charge on any atom is -0.362 e. The fourth-order valence-corrected chi connectivity index (χ4v) is 1.51. The van der Waals surface area contributed by atoms with Gasteiger partial charge in [-0.2, -0.15) is 0 Å². The summed E-state index contributed by atoms with van der Waals surface area (Å²) < 4.78 is 0. The molecule has 5 nitrogen and oxygen atoms in total. The van der Waals surface area contributed by atoms with Crippen molar-refractivity contribution in [2.45, 2.75) is 40.2 Å². The van der Waals surface area contributed by atoms with Gasteiger partial charge in [-0.1, -0.05) is 20.3 Å². The van der Waals surface area contributed by atoms with E-state index >= 15 is 0 Å². The van der Waals surface area contributed by atoms with Crippen molar-refractivity contribution >= 4 is 11.5 Å². The van der Waals surface area contributed by atoms with E-state index in [1.807, 2.05) is 13.8 Å². The van der Waals surface area contributed by atoms with E-state index in [1.54, 1.807) is 6.07 Å². The molecular weight excluding hydrogens is 218 g/mol. The van der Waals surface area contributed by atoms with Crippen LogP contribution in [0.4, 0.5) is 11.5 Å². The van der Waals surface area contributed by atoms with Crippen molar-refractivity contribution in [3.8, 4) is 0 Å². The largest absolute Gasteiger partial charge is 0.362 e. The normalized spacial score (nSPS) is 14.1. The lowest BCUT2D eigenvalue weighted by atomic mass is 10.0. The maximum absolute atomic E-state index is 10.9. The molecule has 0 bridgehead atoms. The molecule has 0 aromatic carbocycles. The minimum absolute atomic E-state index is 0.0331. The predicted molar refractivity (Wildman–Crippen MR) is 68.2 cm³/mol. The van der Waals surface area contributed by atoms with Gasteiger partial charge in [0.15, 0.2) is 0 Å². The molecule has 0 saturated heterocycles. The summed E-state index contributed by atoms with van der Waals surface area (Å²) in [5.74, 6) is 0.805. The first kappa shape index (κ1) is 13.4. The summed E-state index contributed by atoms with van der Waals surface area (Å²) in [7, 11) is 0. The van der Waals surface area contributed by atoms with E-state index in [9.17, 15) is 10.1 Å². The number of aromatic nitrogens is 1. The average Bonchev–Trinajstić information content (AvgIpc) is 2.27. The highest BCUT2D eigenvalue weighted by Crippen LogP contribution is 2.24. The van der Waals surface area contributed by atoms with Gasteiger partial charge < -0.3 is 5.32 Å². The van der Waals surface area contributed by atoms with Gasteiger partial charge >= 0.3 is 5.69 Å². The Morgan fingerprint density at radius 1 is 1.47 bits per heavy atom.